The van der Waals surface area contributed by atoms with Gasteiger partial charge in [-0.15, -0.1) is 11.6 Å². The minimum absolute atomic E-state index is 0.0373. The number of fused-ring (bicyclic) bond motifs is 1. The lowest BCUT2D eigenvalue weighted by atomic mass is 10.0. The Kier molecular flexibility index (Phi) is 3.47. The standard InChI is InChI=1S/C15H16ClNO2/c16-9-11-5-3-4-8-17(11)15(18)13-10-19-14-7-2-1-6-12(13)14/h1-2,6-7,10-11H,3-5,8-9H2. The molecule has 19 heavy (non-hydrogen) atoms. The fraction of sp³-hybridized carbons (Fsp3) is 0.400. The van der Waals surface area contributed by atoms with Crippen molar-refractivity contribution in [2.45, 2.75) is 25.3 Å². The molecule has 100 valence electrons. The molecular weight excluding hydrogens is 262 g/mol. The second-order valence-electron chi connectivity index (χ2n) is 4.95. The van der Waals surface area contributed by atoms with Crippen LogP contribution in [0.25, 0.3) is 11.0 Å². The maximum Gasteiger partial charge on any atom is 0.258 e. The lowest BCUT2D eigenvalue weighted by Crippen LogP contribution is -2.44. The van der Waals surface area contributed by atoms with E-state index in [0.29, 0.717) is 11.4 Å². The number of piperidine rings is 1. The van der Waals surface area contributed by atoms with E-state index in [9.17, 15) is 4.79 Å². The third-order valence-electron chi connectivity index (χ3n) is 3.78. The summed E-state index contributed by atoms with van der Waals surface area (Å²) in [6, 6.07) is 7.77. The Morgan fingerprint density at radius 2 is 2.21 bits per heavy atom. The largest absolute Gasteiger partial charge is 0.463 e. The van der Waals surface area contributed by atoms with Crippen LogP contribution in [-0.2, 0) is 0 Å². The number of para-hydroxylation sites is 1. The lowest BCUT2D eigenvalue weighted by Gasteiger charge is -2.34. The summed E-state index contributed by atoms with van der Waals surface area (Å²) in [4.78, 5) is 14.5. The first-order chi connectivity index (χ1) is 9.31. The van der Waals surface area contributed by atoms with Crippen molar-refractivity contribution in [3.8, 4) is 0 Å². The molecule has 1 aliphatic rings. The van der Waals surface area contributed by atoms with E-state index in [1.54, 1.807) is 6.26 Å². The van der Waals surface area contributed by atoms with Crippen molar-refractivity contribution >= 4 is 28.5 Å². The first-order valence-electron chi connectivity index (χ1n) is 6.64. The highest BCUT2D eigenvalue weighted by molar-refractivity contribution is 6.18. The van der Waals surface area contributed by atoms with E-state index in [-0.39, 0.29) is 11.9 Å². The van der Waals surface area contributed by atoms with Gasteiger partial charge >= 0.3 is 0 Å². The molecule has 0 spiro atoms. The van der Waals surface area contributed by atoms with E-state index in [0.717, 1.165) is 36.8 Å². The number of rotatable bonds is 2. The maximum absolute atomic E-state index is 12.7. The molecule has 0 saturated carbocycles. The molecule has 0 N–H and O–H groups in total. The van der Waals surface area contributed by atoms with Crippen LogP contribution >= 0.6 is 11.6 Å². The van der Waals surface area contributed by atoms with Crippen LogP contribution in [0, 0.1) is 0 Å². The maximum atomic E-state index is 12.7. The van der Waals surface area contributed by atoms with Crippen LogP contribution in [0.1, 0.15) is 29.6 Å². The normalized spacial score (nSPS) is 19.8. The zero-order chi connectivity index (χ0) is 13.2. The Morgan fingerprint density at radius 1 is 1.37 bits per heavy atom. The Bertz CT molecular complexity index is 593. The number of hydrogen-bond donors (Lipinski definition) is 0. The van der Waals surface area contributed by atoms with E-state index in [1.165, 1.54) is 0 Å². The van der Waals surface area contributed by atoms with Crippen molar-refractivity contribution in [1.82, 2.24) is 4.90 Å². The predicted octanol–water partition coefficient (Wildman–Crippen LogP) is 3.67. The molecule has 3 rings (SSSR count). The van der Waals surface area contributed by atoms with Gasteiger partial charge in [-0.1, -0.05) is 18.2 Å². The number of benzene rings is 1. The van der Waals surface area contributed by atoms with Crippen molar-refractivity contribution in [1.29, 1.82) is 0 Å². The fourth-order valence-electron chi connectivity index (χ4n) is 2.73. The molecule has 1 fully saturated rings. The molecule has 1 aromatic heterocycles. The highest BCUT2D eigenvalue weighted by atomic mass is 35.5. The van der Waals surface area contributed by atoms with Gasteiger partial charge in [0.1, 0.15) is 11.8 Å². The monoisotopic (exact) mass is 277 g/mol. The van der Waals surface area contributed by atoms with Gasteiger partial charge < -0.3 is 9.32 Å². The highest BCUT2D eigenvalue weighted by Crippen LogP contribution is 2.26. The van der Waals surface area contributed by atoms with Gasteiger partial charge in [0.25, 0.3) is 5.91 Å². The van der Waals surface area contributed by atoms with E-state index in [1.807, 2.05) is 29.2 Å². The topological polar surface area (TPSA) is 33.5 Å². The first kappa shape index (κ1) is 12.5. The average molecular weight is 278 g/mol. The molecule has 1 saturated heterocycles. The Balaban J connectivity index is 1.94. The zero-order valence-electron chi connectivity index (χ0n) is 10.6. The van der Waals surface area contributed by atoms with E-state index in [4.69, 9.17) is 16.0 Å². The number of likely N-dealkylation sites (tertiary alicyclic amines) is 1. The molecule has 0 radical (unpaired) electrons. The highest BCUT2D eigenvalue weighted by Gasteiger charge is 2.28. The van der Waals surface area contributed by atoms with Gasteiger partial charge in [-0.2, -0.15) is 0 Å². The number of amides is 1. The van der Waals surface area contributed by atoms with E-state index >= 15 is 0 Å². The molecule has 1 aliphatic heterocycles. The lowest BCUT2D eigenvalue weighted by molar-refractivity contribution is 0.0640. The Hall–Kier alpha value is -1.48. The summed E-state index contributed by atoms with van der Waals surface area (Å²) >= 11 is 5.98. The molecule has 1 aromatic carbocycles. The summed E-state index contributed by atoms with van der Waals surface area (Å²) in [6.07, 6.45) is 4.75. The van der Waals surface area contributed by atoms with Crippen LogP contribution in [-0.4, -0.2) is 29.3 Å². The Labute approximate surface area is 117 Å². The number of hydrogen-bond acceptors (Lipinski definition) is 2. The number of nitrogens with zero attached hydrogens (tertiary/aromatic N) is 1. The summed E-state index contributed by atoms with van der Waals surface area (Å²) in [5.41, 5.74) is 1.40. The van der Waals surface area contributed by atoms with Crippen molar-refractivity contribution < 1.29 is 9.21 Å². The molecule has 0 bridgehead atoms. The molecule has 4 heteroatoms. The van der Waals surface area contributed by atoms with Crippen molar-refractivity contribution in [3.63, 3.8) is 0 Å². The molecule has 3 nitrogen and oxygen atoms in total. The summed E-state index contributed by atoms with van der Waals surface area (Å²) in [7, 11) is 0. The van der Waals surface area contributed by atoms with Crippen LogP contribution in [0.15, 0.2) is 34.9 Å². The van der Waals surface area contributed by atoms with Crippen molar-refractivity contribution in [2.24, 2.45) is 0 Å². The van der Waals surface area contributed by atoms with Crippen LogP contribution in [0.5, 0.6) is 0 Å². The van der Waals surface area contributed by atoms with Gasteiger partial charge in [-0.3, -0.25) is 4.79 Å². The Morgan fingerprint density at radius 3 is 3.05 bits per heavy atom. The summed E-state index contributed by atoms with van der Waals surface area (Å²) in [5.74, 6) is 0.539. The van der Waals surface area contributed by atoms with Gasteiger partial charge in [0.2, 0.25) is 0 Å². The van der Waals surface area contributed by atoms with Crippen LogP contribution < -0.4 is 0 Å². The van der Waals surface area contributed by atoms with Gasteiger partial charge in [0.15, 0.2) is 0 Å². The average Bonchev–Trinajstić information content (AvgIpc) is 2.90. The summed E-state index contributed by atoms with van der Waals surface area (Å²) in [6.45, 7) is 0.787. The van der Waals surface area contributed by atoms with Gasteiger partial charge in [-0.05, 0) is 25.3 Å². The van der Waals surface area contributed by atoms with Gasteiger partial charge in [0.05, 0.1) is 5.56 Å². The fourth-order valence-corrected chi connectivity index (χ4v) is 3.05. The molecular formula is C15H16ClNO2. The minimum Gasteiger partial charge on any atom is -0.463 e. The summed E-state index contributed by atoms with van der Waals surface area (Å²) < 4.78 is 5.45. The third kappa shape index (κ3) is 2.23. The molecule has 1 amide bonds. The number of carbonyl (C=O) groups is 1. The minimum atomic E-state index is 0.0373. The number of furan rings is 1. The zero-order valence-corrected chi connectivity index (χ0v) is 11.4. The molecule has 1 atom stereocenters. The second-order valence-corrected chi connectivity index (χ2v) is 5.26. The van der Waals surface area contributed by atoms with Crippen LogP contribution in [0.4, 0.5) is 0 Å². The predicted molar refractivity (Wildman–Crippen MR) is 75.6 cm³/mol. The van der Waals surface area contributed by atoms with Crippen LogP contribution in [0.2, 0.25) is 0 Å². The molecule has 2 aromatic rings. The van der Waals surface area contributed by atoms with Crippen molar-refractivity contribution in [3.05, 3.63) is 36.1 Å². The van der Waals surface area contributed by atoms with E-state index in [2.05, 4.69) is 0 Å². The molecule has 1 unspecified atom stereocenters. The van der Waals surface area contributed by atoms with E-state index < -0.39 is 0 Å². The number of carbonyl (C=O) groups excluding carboxylic acids is 1. The quantitative estimate of drug-likeness (QED) is 0.785. The summed E-state index contributed by atoms with van der Waals surface area (Å²) in [5, 5.41) is 0.881. The van der Waals surface area contributed by atoms with Gasteiger partial charge in [-0.25, -0.2) is 0 Å². The second kappa shape index (κ2) is 5.25. The number of halogens is 1. The SMILES string of the molecule is O=C(c1coc2ccccc12)N1CCCCC1CCl. The smallest absolute Gasteiger partial charge is 0.258 e. The first-order valence-corrected chi connectivity index (χ1v) is 7.18. The van der Waals surface area contributed by atoms with Gasteiger partial charge in [0, 0.05) is 23.9 Å². The van der Waals surface area contributed by atoms with Crippen molar-refractivity contribution in [2.75, 3.05) is 12.4 Å². The number of alkyl halides is 1. The molecule has 2 heterocycles. The van der Waals surface area contributed by atoms with Crippen LogP contribution in [0.3, 0.4) is 0 Å². The third-order valence-corrected chi connectivity index (χ3v) is 4.13. The molecule has 0 aliphatic carbocycles.